The number of likely N-dealkylation sites (tertiary alicyclic amines) is 1. The molecule has 1 fully saturated rings. The van der Waals surface area contributed by atoms with Gasteiger partial charge in [0.1, 0.15) is 6.33 Å². The molecule has 1 N–H and O–H groups in total. The summed E-state index contributed by atoms with van der Waals surface area (Å²) in [5, 5.41) is 3.46. The van der Waals surface area contributed by atoms with Gasteiger partial charge in [-0.15, -0.1) is 0 Å². The first-order valence-corrected chi connectivity index (χ1v) is 7.47. The van der Waals surface area contributed by atoms with E-state index in [-0.39, 0.29) is 11.3 Å². The van der Waals surface area contributed by atoms with Gasteiger partial charge in [0.25, 0.3) is 0 Å². The third-order valence-electron chi connectivity index (χ3n) is 3.44. The number of rotatable bonds is 5. The molecule has 2 aromatic rings. The zero-order valence-corrected chi connectivity index (χ0v) is 12.7. The molecule has 7 nitrogen and oxygen atoms in total. The first kappa shape index (κ1) is 14.2. The van der Waals surface area contributed by atoms with E-state index in [1.165, 1.54) is 25.9 Å². The fraction of sp³-hybridized carbons (Fsp3) is 0.538. The summed E-state index contributed by atoms with van der Waals surface area (Å²) >= 11 is 5.97. The highest BCUT2D eigenvalue weighted by atomic mass is 35.5. The van der Waals surface area contributed by atoms with Gasteiger partial charge in [-0.05, 0) is 44.5 Å². The highest BCUT2D eigenvalue weighted by Crippen LogP contribution is 2.12. The van der Waals surface area contributed by atoms with Crippen molar-refractivity contribution in [3.63, 3.8) is 0 Å². The lowest BCUT2D eigenvalue weighted by Crippen LogP contribution is -2.33. The lowest BCUT2D eigenvalue weighted by molar-refractivity contribution is 0.327. The van der Waals surface area contributed by atoms with E-state index >= 15 is 0 Å². The lowest BCUT2D eigenvalue weighted by atomic mass is 10.3. The fourth-order valence-corrected chi connectivity index (χ4v) is 2.67. The van der Waals surface area contributed by atoms with Crippen molar-refractivity contribution in [3.05, 3.63) is 24.0 Å². The number of nitrogens with zero attached hydrogens (tertiary/aromatic N) is 6. The topological polar surface area (TPSA) is 71.8 Å². The molecule has 0 amide bonds. The maximum absolute atomic E-state index is 5.97. The van der Waals surface area contributed by atoms with Gasteiger partial charge in [-0.1, -0.05) is 0 Å². The standard InChI is InChI=1S/C13H18ClN7/c1-10(8-20-5-2-3-6-20)16-12-17-11(14)18-13(19-12)21-7-4-15-9-21/h4,7,9-10H,2-3,5-6,8H2,1H3,(H,16,17,18,19). The van der Waals surface area contributed by atoms with Crippen molar-refractivity contribution in [2.45, 2.75) is 25.8 Å². The van der Waals surface area contributed by atoms with Crippen LogP contribution in [0.4, 0.5) is 5.95 Å². The first-order chi connectivity index (χ1) is 10.2. The molecular weight excluding hydrogens is 290 g/mol. The fourth-order valence-electron chi connectivity index (χ4n) is 2.52. The average Bonchev–Trinajstić information content (AvgIpc) is 3.10. The third-order valence-corrected chi connectivity index (χ3v) is 3.61. The second kappa shape index (κ2) is 6.36. The average molecular weight is 308 g/mol. The van der Waals surface area contributed by atoms with Crippen LogP contribution in [0.1, 0.15) is 19.8 Å². The van der Waals surface area contributed by atoms with Crippen molar-refractivity contribution in [2.24, 2.45) is 0 Å². The summed E-state index contributed by atoms with van der Waals surface area (Å²) < 4.78 is 1.70. The van der Waals surface area contributed by atoms with Crippen molar-refractivity contribution in [3.8, 4) is 5.95 Å². The molecule has 3 heterocycles. The lowest BCUT2D eigenvalue weighted by Gasteiger charge is -2.21. The minimum Gasteiger partial charge on any atom is -0.350 e. The van der Waals surface area contributed by atoms with Crippen molar-refractivity contribution < 1.29 is 0 Å². The van der Waals surface area contributed by atoms with E-state index in [9.17, 15) is 0 Å². The number of imidazole rings is 1. The van der Waals surface area contributed by atoms with Crippen LogP contribution in [0.25, 0.3) is 5.95 Å². The quantitative estimate of drug-likeness (QED) is 0.905. The van der Waals surface area contributed by atoms with Crippen LogP contribution in [0.5, 0.6) is 0 Å². The van der Waals surface area contributed by atoms with Crippen LogP contribution in [-0.4, -0.2) is 55.1 Å². The Morgan fingerprint density at radius 3 is 2.81 bits per heavy atom. The molecule has 0 aliphatic carbocycles. The molecule has 1 saturated heterocycles. The smallest absolute Gasteiger partial charge is 0.241 e. The molecule has 1 atom stereocenters. The Morgan fingerprint density at radius 2 is 2.10 bits per heavy atom. The van der Waals surface area contributed by atoms with Gasteiger partial charge in [0.2, 0.25) is 17.2 Å². The molecule has 0 saturated carbocycles. The van der Waals surface area contributed by atoms with Gasteiger partial charge < -0.3 is 10.2 Å². The van der Waals surface area contributed by atoms with E-state index in [0.29, 0.717) is 11.9 Å². The molecule has 8 heteroatoms. The Kier molecular flexibility index (Phi) is 4.31. The molecular formula is C13H18ClN7. The summed E-state index contributed by atoms with van der Waals surface area (Å²) in [6, 6.07) is 0.247. The Labute approximate surface area is 128 Å². The van der Waals surface area contributed by atoms with Gasteiger partial charge in [-0.3, -0.25) is 4.57 Å². The molecule has 1 aliphatic rings. The van der Waals surface area contributed by atoms with E-state index in [1.54, 1.807) is 23.3 Å². The van der Waals surface area contributed by atoms with E-state index in [4.69, 9.17) is 11.6 Å². The van der Waals surface area contributed by atoms with E-state index < -0.39 is 0 Å². The summed E-state index contributed by atoms with van der Waals surface area (Å²) in [5.74, 6) is 0.953. The Hall–Kier alpha value is -1.73. The van der Waals surface area contributed by atoms with Crippen LogP contribution in [0.15, 0.2) is 18.7 Å². The van der Waals surface area contributed by atoms with E-state index in [0.717, 1.165) is 6.54 Å². The maximum atomic E-state index is 5.97. The number of anilines is 1. The molecule has 0 aromatic carbocycles. The summed E-state index contributed by atoms with van der Waals surface area (Å²) in [6.45, 7) is 5.44. The van der Waals surface area contributed by atoms with Crippen LogP contribution < -0.4 is 5.32 Å². The van der Waals surface area contributed by atoms with Crippen molar-refractivity contribution in [1.29, 1.82) is 0 Å². The van der Waals surface area contributed by atoms with Crippen LogP contribution in [0.3, 0.4) is 0 Å². The van der Waals surface area contributed by atoms with Crippen LogP contribution in [-0.2, 0) is 0 Å². The summed E-state index contributed by atoms with van der Waals surface area (Å²) in [7, 11) is 0. The van der Waals surface area contributed by atoms with Crippen molar-refractivity contribution in [2.75, 3.05) is 25.0 Å². The number of nitrogens with one attached hydrogen (secondary N) is 1. The third kappa shape index (κ3) is 3.68. The summed E-state index contributed by atoms with van der Waals surface area (Å²) in [5.41, 5.74) is 0. The monoisotopic (exact) mass is 307 g/mol. The zero-order valence-electron chi connectivity index (χ0n) is 11.9. The molecule has 0 bridgehead atoms. The van der Waals surface area contributed by atoms with Gasteiger partial charge >= 0.3 is 0 Å². The molecule has 0 radical (unpaired) electrons. The number of aromatic nitrogens is 5. The van der Waals surface area contributed by atoms with E-state index in [1.807, 2.05) is 0 Å². The van der Waals surface area contributed by atoms with Gasteiger partial charge in [0.15, 0.2) is 0 Å². The Bertz CT molecular complexity index is 580. The normalized spacial score (nSPS) is 17.0. The summed E-state index contributed by atoms with van der Waals surface area (Å²) in [4.78, 5) is 19.0. The highest BCUT2D eigenvalue weighted by Gasteiger charge is 2.16. The first-order valence-electron chi connectivity index (χ1n) is 7.09. The van der Waals surface area contributed by atoms with Crippen LogP contribution >= 0.6 is 11.6 Å². The number of halogens is 1. The van der Waals surface area contributed by atoms with Gasteiger partial charge in [-0.2, -0.15) is 15.0 Å². The minimum absolute atomic E-state index is 0.171. The molecule has 112 valence electrons. The predicted octanol–water partition coefficient (Wildman–Crippen LogP) is 1.61. The van der Waals surface area contributed by atoms with Crippen LogP contribution in [0, 0.1) is 0 Å². The Balaban J connectivity index is 1.69. The molecule has 21 heavy (non-hydrogen) atoms. The molecule has 0 spiro atoms. The van der Waals surface area contributed by atoms with E-state index in [2.05, 4.69) is 37.1 Å². The van der Waals surface area contributed by atoms with Crippen molar-refractivity contribution in [1.82, 2.24) is 29.4 Å². The van der Waals surface area contributed by atoms with Crippen molar-refractivity contribution >= 4 is 17.5 Å². The predicted molar refractivity (Wildman–Crippen MR) is 80.7 cm³/mol. The highest BCUT2D eigenvalue weighted by molar-refractivity contribution is 6.28. The molecule has 2 aromatic heterocycles. The van der Waals surface area contributed by atoms with Gasteiger partial charge in [-0.25, -0.2) is 4.98 Å². The zero-order chi connectivity index (χ0) is 14.7. The SMILES string of the molecule is CC(CN1CCCC1)Nc1nc(Cl)nc(-n2ccnc2)n1. The molecule has 1 unspecified atom stereocenters. The number of hydrogen-bond donors (Lipinski definition) is 1. The summed E-state index contributed by atoms with van der Waals surface area (Å²) in [6.07, 6.45) is 7.64. The molecule has 1 aliphatic heterocycles. The minimum atomic E-state index is 0.171. The number of hydrogen-bond acceptors (Lipinski definition) is 6. The largest absolute Gasteiger partial charge is 0.350 e. The maximum Gasteiger partial charge on any atom is 0.241 e. The van der Waals surface area contributed by atoms with Gasteiger partial charge in [0.05, 0.1) is 0 Å². The second-order valence-corrected chi connectivity index (χ2v) is 5.59. The molecule has 3 rings (SSSR count). The van der Waals surface area contributed by atoms with Crippen LogP contribution in [0.2, 0.25) is 5.28 Å². The second-order valence-electron chi connectivity index (χ2n) is 5.25. The van der Waals surface area contributed by atoms with Gasteiger partial charge in [0, 0.05) is 25.0 Å². The Morgan fingerprint density at radius 1 is 1.29 bits per heavy atom.